The number of ether oxygens (including phenoxy) is 2. The summed E-state index contributed by atoms with van der Waals surface area (Å²) in [6, 6.07) is 6.07. The maximum atomic E-state index is 5.27. The molecule has 0 spiro atoms. The van der Waals surface area contributed by atoms with Gasteiger partial charge in [0.25, 0.3) is 0 Å². The van der Waals surface area contributed by atoms with Crippen LogP contribution in [0, 0.1) is 5.92 Å². The van der Waals surface area contributed by atoms with Gasteiger partial charge in [0.15, 0.2) is 11.5 Å². The van der Waals surface area contributed by atoms with E-state index in [0.717, 1.165) is 30.5 Å². The largest absolute Gasteiger partial charge is 0.493 e. The van der Waals surface area contributed by atoms with E-state index in [0.29, 0.717) is 0 Å². The summed E-state index contributed by atoms with van der Waals surface area (Å²) in [6.45, 7) is 6.59. The van der Waals surface area contributed by atoms with E-state index >= 15 is 0 Å². The summed E-state index contributed by atoms with van der Waals surface area (Å²) < 4.78 is 10.5. The second-order valence-electron chi connectivity index (χ2n) is 4.31. The number of quaternary nitrogens is 1. The lowest BCUT2D eigenvalue weighted by Crippen LogP contribution is -2.83. The monoisotopic (exact) mass is 224 g/mol. The Kier molecular flexibility index (Phi) is 5.12. The Morgan fingerprint density at radius 2 is 1.81 bits per heavy atom. The van der Waals surface area contributed by atoms with Crippen LogP contribution in [0.5, 0.6) is 11.5 Å². The van der Waals surface area contributed by atoms with Crippen molar-refractivity contribution >= 4 is 0 Å². The van der Waals surface area contributed by atoms with Gasteiger partial charge in [0.05, 0.1) is 20.8 Å². The SMILES string of the molecule is COc1ccc(C[NH2+]CC(C)C)cc1OC. The van der Waals surface area contributed by atoms with E-state index < -0.39 is 0 Å². The fourth-order valence-corrected chi connectivity index (χ4v) is 1.59. The molecule has 0 fully saturated rings. The smallest absolute Gasteiger partial charge is 0.161 e. The Morgan fingerprint density at radius 3 is 2.38 bits per heavy atom. The van der Waals surface area contributed by atoms with E-state index in [2.05, 4.69) is 25.2 Å². The molecule has 16 heavy (non-hydrogen) atoms. The van der Waals surface area contributed by atoms with E-state index in [1.165, 1.54) is 5.56 Å². The first kappa shape index (κ1) is 12.8. The molecule has 0 aliphatic rings. The predicted molar refractivity (Wildman–Crippen MR) is 64.9 cm³/mol. The van der Waals surface area contributed by atoms with Crippen LogP contribution in [0.1, 0.15) is 19.4 Å². The topological polar surface area (TPSA) is 35.1 Å². The van der Waals surface area contributed by atoms with Crippen molar-refractivity contribution in [3.8, 4) is 11.5 Å². The Hall–Kier alpha value is -1.22. The molecule has 0 amide bonds. The maximum Gasteiger partial charge on any atom is 0.161 e. The third kappa shape index (κ3) is 3.74. The second-order valence-corrected chi connectivity index (χ2v) is 4.31. The van der Waals surface area contributed by atoms with Gasteiger partial charge < -0.3 is 14.8 Å². The zero-order valence-electron chi connectivity index (χ0n) is 10.6. The molecule has 0 aliphatic carbocycles. The van der Waals surface area contributed by atoms with Gasteiger partial charge in [0, 0.05) is 11.5 Å². The Bertz CT molecular complexity index is 324. The van der Waals surface area contributed by atoms with Crippen LogP contribution in [0.3, 0.4) is 0 Å². The van der Waals surface area contributed by atoms with E-state index in [4.69, 9.17) is 9.47 Å². The van der Waals surface area contributed by atoms with Crippen molar-refractivity contribution in [3.63, 3.8) is 0 Å². The first-order chi connectivity index (χ1) is 7.67. The molecule has 1 rings (SSSR count). The van der Waals surface area contributed by atoms with Crippen molar-refractivity contribution in [2.45, 2.75) is 20.4 Å². The van der Waals surface area contributed by atoms with Crippen LogP contribution in [0.25, 0.3) is 0 Å². The molecule has 3 heteroatoms. The highest BCUT2D eigenvalue weighted by atomic mass is 16.5. The number of benzene rings is 1. The highest BCUT2D eigenvalue weighted by Gasteiger charge is 2.05. The minimum absolute atomic E-state index is 0.722. The van der Waals surface area contributed by atoms with Crippen LogP contribution >= 0.6 is 0 Å². The number of nitrogens with two attached hydrogens (primary N) is 1. The van der Waals surface area contributed by atoms with Gasteiger partial charge in [-0.2, -0.15) is 0 Å². The van der Waals surface area contributed by atoms with Crippen molar-refractivity contribution in [1.29, 1.82) is 0 Å². The Morgan fingerprint density at radius 1 is 1.12 bits per heavy atom. The number of hydrogen-bond acceptors (Lipinski definition) is 2. The first-order valence-corrected chi connectivity index (χ1v) is 5.70. The van der Waals surface area contributed by atoms with Crippen LogP contribution in [-0.2, 0) is 6.54 Å². The van der Waals surface area contributed by atoms with Gasteiger partial charge in [-0.25, -0.2) is 0 Å². The van der Waals surface area contributed by atoms with Crippen molar-refractivity contribution in [1.82, 2.24) is 0 Å². The summed E-state index contributed by atoms with van der Waals surface area (Å²) >= 11 is 0. The molecule has 3 nitrogen and oxygen atoms in total. The Labute approximate surface area is 97.8 Å². The van der Waals surface area contributed by atoms with Crippen LogP contribution in [0.15, 0.2) is 18.2 Å². The molecule has 0 bridgehead atoms. The summed E-state index contributed by atoms with van der Waals surface area (Å²) in [5, 5.41) is 2.31. The Balaban J connectivity index is 2.60. The minimum Gasteiger partial charge on any atom is -0.493 e. The standard InChI is InChI=1S/C13H21NO2/c1-10(2)8-14-9-11-5-6-12(15-3)13(7-11)16-4/h5-7,10,14H,8-9H2,1-4H3/p+1. The molecule has 2 N–H and O–H groups in total. The average Bonchev–Trinajstić information content (AvgIpc) is 2.28. The molecule has 0 aliphatic heterocycles. The molecular weight excluding hydrogens is 202 g/mol. The summed E-state index contributed by atoms with van der Waals surface area (Å²) in [5.41, 5.74) is 1.26. The van der Waals surface area contributed by atoms with Crippen molar-refractivity contribution in [2.75, 3.05) is 20.8 Å². The molecule has 0 unspecified atom stereocenters. The fourth-order valence-electron chi connectivity index (χ4n) is 1.59. The minimum atomic E-state index is 0.722. The van der Waals surface area contributed by atoms with E-state index in [9.17, 15) is 0 Å². The summed E-state index contributed by atoms with van der Waals surface area (Å²) in [7, 11) is 3.32. The molecule has 0 saturated heterocycles. The van der Waals surface area contributed by atoms with E-state index in [1.54, 1.807) is 14.2 Å². The molecule has 1 aromatic rings. The molecule has 0 heterocycles. The van der Waals surface area contributed by atoms with Gasteiger partial charge in [0.1, 0.15) is 6.54 Å². The van der Waals surface area contributed by atoms with Crippen molar-refractivity contribution < 1.29 is 14.8 Å². The van der Waals surface area contributed by atoms with Gasteiger partial charge in [-0.15, -0.1) is 0 Å². The highest BCUT2D eigenvalue weighted by molar-refractivity contribution is 5.42. The third-order valence-corrected chi connectivity index (χ3v) is 2.47. The van der Waals surface area contributed by atoms with E-state index in [-0.39, 0.29) is 0 Å². The molecule has 0 saturated carbocycles. The fraction of sp³-hybridized carbons (Fsp3) is 0.538. The zero-order chi connectivity index (χ0) is 12.0. The maximum absolute atomic E-state index is 5.27. The molecule has 1 aromatic carbocycles. The first-order valence-electron chi connectivity index (χ1n) is 5.70. The van der Waals surface area contributed by atoms with Crippen LogP contribution < -0.4 is 14.8 Å². The van der Waals surface area contributed by atoms with Crippen LogP contribution in [0.4, 0.5) is 0 Å². The lowest BCUT2D eigenvalue weighted by Gasteiger charge is -2.09. The summed E-state index contributed by atoms with van der Waals surface area (Å²) in [5.74, 6) is 2.31. The number of hydrogen-bond donors (Lipinski definition) is 1. The molecular formula is C13H22NO2+. The highest BCUT2D eigenvalue weighted by Crippen LogP contribution is 2.27. The lowest BCUT2D eigenvalue weighted by molar-refractivity contribution is -0.675. The normalized spacial score (nSPS) is 10.6. The van der Waals surface area contributed by atoms with Gasteiger partial charge in [-0.1, -0.05) is 13.8 Å². The molecule has 0 aromatic heterocycles. The van der Waals surface area contributed by atoms with Crippen LogP contribution in [-0.4, -0.2) is 20.8 Å². The second kappa shape index (κ2) is 6.38. The van der Waals surface area contributed by atoms with E-state index in [1.807, 2.05) is 12.1 Å². The van der Waals surface area contributed by atoms with Gasteiger partial charge in [-0.05, 0) is 18.2 Å². The quantitative estimate of drug-likeness (QED) is 0.793. The lowest BCUT2D eigenvalue weighted by atomic mass is 10.2. The van der Waals surface area contributed by atoms with Crippen LogP contribution in [0.2, 0.25) is 0 Å². The number of methoxy groups -OCH3 is 2. The van der Waals surface area contributed by atoms with Gasteiger partial charge in [-0.3, -0.25) is 0 Å². The zero-order valence-corrected chi connectivity index (χ0v) is 10.6. The van der Waals surface area contributed by atoms with Crippen molar-refractivity contribution in [2.24, 2.45) is 5.92 Å². The average molecular weight is 224 g/mol. The van der Waals surface area contributed by atoms with Gasteiger partial charge >= 0.3 is 0 Å². The number of rotatable bonds is 6. The van der Waals surface area contributed by atoms with Gasteiger partial charge in [0.2, 0.25) is 0 Å². The molecule has 0 radical (unpaired) electrons. The van der Waals surface area contributed by atoms with Crippen molar-refractivity contribution in [3.05, 3.63) is 23.8 Å². The predicted octanol–water partition coefficient (Wildman–Crippen LogP) is 1.42. The molecule has 90 valence electrons. The summed E-state index contributed by atoms with van der Waals surface area (Å²) in [4.78, 5) is 0. The third-order valence-electron chi connectivity index (χ3n) is 2.47. The summed E-state index contributed by atoms with van der Waals surface area (Å²) in [6.07, 6.45) is 0. The molecule has 0 atom stereocenters.